The molecule has 7 N–H and O–H groups in total. The third kappa shape index (κ3) is 5.48. The van der Waals surface area contributed by atoms with Crippen LogP contribution in [0.15, 0.2) is 91.1 Å². The number of carbonyl (C=O) groups excluding carboxylic acids is 2. The summed E-state index contributed by atoms with van der Waals surface area (Å²) < 4.78 is 2.06. The molecule has 0 atom stereocenters. The van der Waals surface area contributed by atoms with E-state index in [9.17, 15) is 19.5 Å². The summed E-state index contributed by atoms with van der Waals surface area (Å²) in [7, 11) is 1.52. The van der Waals surface area contributed by atoms with Gasteiger partial charge < -0.3 is 26.5 Å². The Morgan fingerprint density at radius 2 is 1.55 bits per heavy atom. The van der Waals surface area contributed by atoms with Crippen molar-refractivity contribution in [1.82, 2.24) is 9.88 Å². The molecule has 0 radical (unpaired) electrons. The minimum atomic E-state index is -1.22. The van der Waals surface area contributed by atoms with Gasteiger partial charge in [0.2, 0.25) is 5.91 Å². The van der Waals surface area contributed by atoms with Crippen LogP contribution in [0.1, 0.15) is 53.3 Å². The zero-order chi connectivity index (χ0) is 30.0. The molecule has 1 heterocycles. The number of nitrogens with two attached hydrogens (primary N) is 2. The molecule has 5 aromatic rings. The normalized spacial score (nSPS) is 10.9. The highest BCUT2D eigenvalue weighted by molar-refractivity contribution is 6.03. The van der Waals surface area contributed by atoms with Gasteiger partial charge in [0.05, 0.1) is 5.56 Å². The molecule has 0 aliphatic carbocycles. The average molecular weight is 560 g/mol. The SMILES string of the molecule is CNC(=O)c1ccc(Cn2cc(Cc3ccccc3)c3cc(C(=N)N)ccc32)c(-c2ccc(C(N)=O)cc2C(=O)O)c1. The number of hydrogen-bond acceptors (Lipinski definition) is 4. The monoisotopic (exact) mass is 559 g/mol. The third-order valence-corrected chi connectivity index (χ3v) is 7.28. The number of carboxylic acid groups (broad SMARTS) is 1. The molecule has 210 valence electrons. The van der Waals surface area contributed by atoms with Gasteiger partial charge in [-0.3, -0.25) is 15.0 Å². The number of fused-ring (bicyclic) bond motifs is 1. The molecule has 4 aromatic carbocycles. The van der Waals surface area contributed by atoms with Crippen LogP contribution in [-0.4, -0.2) is 40.3 Å². The molecular formula is C33H29N5O4. The largest absolute Gasteiger partial charge is 0.478 e. The van der Waals surface area contributed by atoms with E-state index in [1.807, 2.05) is 36.5 Å². The zero-order valence-corrected chi connectivity index (χ0v) is 22.8. The van der Waals surface area contributed by atoms with Crippen molar-refractivity contribution in [3.05, 3.63) is 130 Å². The van der Waals surface area contributed by atoms with Gasteiger partial charge >= 0.3 is 5.97 Å². The van der Waals surface area contributed by atoms with E-state index in [4.69, 9.17) is 16.9 Å². The van der Waals surface area contributed by atoms with E-state index < -0.39 is 11.9 Å². The standard InChI is InChI=1S/C33H29N5O4/c1-37-32(40)22-7-8-23(26(16-22)25-11-9-21(31(36)39)15-28(25)33(41)42)17-38-18-24(13-19-5-3-2-4-6-19)27-14-20(30(34)35)10-12-29(27)38/h2-12,14-16,18H,13,17H2,1H3,(H3,34,35)(H2,36,39)(H,37,40)(H,41,42). The van der Waals surface area contributed by atoms with Crippen molar-refractivity contribution in [2.24, 2.45) is 11.5 Å². The van der Waals surface area contributed by atoms with Crippen LogP contribution >= 0.6 is 0 Å². The fourth-order valence-electron chi connectivity index (χ4n) is 5.17. The molecule has 0 fully saturated rings. The second-order valence-electron chi connectivity index (χ2n) is 9.97. The number of nitrogen functional groups attached to an aromatic ring is 1. The third-order valence-electron chi connectivity index (χ3n) is 7.28. The van der Waals surface area contributed by atoms with Gasteiger partial charge in [0.15, 0.2) is 0 Å². The van der Waals surface area contributed by atoms with Gasteiger partial charge in [-0.05, 0) is 76.7 Å². The molecule has 2 amide bonds. The molecule has 42 heavy (non-hydrogen) atoms. The van der Waals surface area contributed by atoms with Crippen molar-refractivity contribution in [2.75, 3.05) is 7.05 Å². The highest BCUT2D eigenvalue weighted by atomic mass is 16.4. The fraction of sp³-hybridized carbons (Fsp3) is 0.0909. The minimum Gasteiger partial charge on any atom is -0.478 e. The molecule has 0 unspecified atom stereocenters. The highest BCUT2D eigenvalue weighted by Crippen LogP contribution is 2.32. The number of nitrogens with zero attached hydrogens (tertiary/aromatic N) is 1. The molecule has 0 saturated carbocycles. The van der Waals surface area contributed by atoms with E-state index >= 15 is 0 Å². The van der Waals surface area contributed by atoms with Gasteiger partial charge in [-0.2, -0.15) is 0 Å². The predicted molar refractivity (Wildman–Crippen MR) is 162 cm³/mol. The van der Waals surface area contributed by atoms with Crippen LogP contribution in [0.25, 0.3) is 22.0 Å². The molecule has 0 spiro atoms. The van der Waals surface area contributed by atoms with Crippen LogP contribution in [0.2, 0.25) is 0 Å². The fourth-order valence-corrected chi connectivity index (χ4v) is 5.17. The topological polar surface area (TPSA) is 164 Å². The predicted octanol–water partition coefficient (Wildman–Crippen LogP) is 4.39. The Balaban J connectivity index is 1.68. The van der Waals surface area contributed by atoms with E-state index in [0.29, 0.717) is 35.2 Å². The summed E-state index contributed by atoms with van der Waals surface area (Å²) in [6.45, 7) is 0.352. The first-order chi connectivity index (χ1) is 20.2. The van der Waals surface area contributed by atoms with E-state index in [1.54, 1.807) is 30.3 Å². The van der Waals surface area contributed by atoms with E-state index in [-0.39, 0.29) is 22.9 Å². The van der Waals surface area contributed by atoms with E-state index in [2.05, 4.69) is 22.0 Å². The molecule has 9 heteroatoms. The molecule has 0 aliphatic rings. The van der Waals surface area contributed by atoms with Crippen LogP contribution in [-0.2, 0) is 13.0 Å². The zero-order valence-electron chi connectivity index (χ0n) is 22.8. The second kappa shape index (κ2) is 11.4. The molecule has 1 aromatic heterocycles. The average Bonchev–Trinajstić information content (AvgIpc) is 3.32. The molecule has 5 rings (SSSR count). The number of aromatic nitrogens is 1. The smallest absolute Gasteiger partial charge is 0.336 e. The van der Waals surface area contributed by atoms with Crippen LogP contribution < -0.4 is 16.8 Å². The van der Waals surface area contributed by atoms with Crippen LogP contribution in [0.4, 0.5) is 0 Å². The molecular weight excluding hydrogens is 530 g/mol. The Kier molecular flexibility index (Phi) is 7.57. The number of amides is 2. The first kappa shape index (κ1) is 27.9. The Bertz CT molecular complexity index is 1870. The summed E-state index contributed by atoms with van der Waals surface area (Å²) in [5.41, 5.74) is 16.9. The Labute approximate surface area is 241 Å². The maximum atomic E-state index is 12.5. The van der Waals surface area contributed by atoms with Crippen LogP contribution in [0, 0.1) is 5.41 Å². The van der Waals surface area contributed by atoms with Crippen molar-refractivity contribution < 1.29 is 19.5 Å². The molecule has 0 bridgehead atoms. The Morgan fingerprint density at radius 1 is 0.833 bits per heavy atom. The van der Waals surface area contributed by atoms with Gasteiger partial charge in [-0.15, -0.1) is 0 Å². The van der Waals surface area contributed by atoms with Crippen LogP contribution in [0.5, 0.6) is 0 Å². The maximum Gasteiger partial charge on any atom is 0.336 e. The number of nitrogens with one attached hydrogen (secondary N) is 2. The molecule has 0 aliphatic heterocycles. The van der Waals surface area contributed by atoms with E-state index in [1.165, 1.54) is 19.2 Å². The van der Waals surface area contributed by atoms with Gasteiger partial charge in [0, 0.05) is 47.4 Å². The van der Waals surface area contributed by atoms with Gasteiger partial charge in [-0.1, -0.05) is 42.5 Å². The summed E-state index contributed by atoms with van der Waals surface area (Å²) in [5.74, 6) is -2.31. The Hall–Kier alpha value is -5.70. The highest BCUT2D eigenvalue weighted by Gasteiger charge is 2.20. The number of rotatable bonds is 9. The van der Waals surface area contributed by atoms with Crippen molar-refractivity contribution in [1.29, 1.82) is 5.41 Å². The number of primary amides is 1. The summed E-state index contributed by atoms with van der Waals surface area (Å²) >= 11 is 0. The quantitative estimate of drug-likeness (QED) is 0.133. The van der Waals surface area contributed by atoms with Crippen molar-refractivity contribution >= 4 is 34.5 Å². The van der Waals surface area contributed by atoms with Crippen molar-refractivity contribution in [3.63, 3.8) is 0 Å². The lowest BCUT2D eigenvalue weighted by molar-refractivity contribution is 0.0697. The maximum absolute atomic E-state index is 12.5. The number of carboxylic acids is 1. The lowest BCUT2D eigenvalue weighted by Crippen LogP contribution is -2.18. The van der Waals surface area contributed by atoms with Crippen LogP contribution in [0.3, 0.4) is 0 Å². The van der Waals surface area contributed by atoms with Crippen molar-refractivity contribution in [2.45, 2.75) is 13.0 Å². The first-order valence-corrected chi connectivity index (χ1v) is 13.2. The summed E-state index contributed by atoms with van der Waals surface area (Å²) in [4.78, 5) is 36.6. The summed E-state index contributed by atoms with van der Waals surface area (Å²) in [5, 5.41) is 21.5. The number of benzene rings is 4. The number of amidine groups is 1. The second-order valence-corrected chi connectivity index (χ2v) is 9.97. The molecule has 9 nitrogen and oxygen atoms in total. The van der Waals surface area contributed by atoms with Gasteiger partial charge in [-0.25, -0.2) is 4.79 Å². The number of carbonyl (C=O) groups is 3. The number of hydrogen-bond donors (Lipinski definition) is 5. The van der Waals surface area contributed by atoms with Gasteiger partial charge in [0.1, 0.15) is 5.84 Å². The lowest BCUT2D eigenvalue weighted by atomic mass is 9.92. The molecule has 0 saturated heterocycles. The first-order valence-electron chi connectivity index (χ1n) is 13.2. The van der Waals surface area contributed by atoms with E-state index in [0.717, 1.165) is 27.6 Å². The lowest BCUT2D eigenvalue weighted by Gasteiger charge is -2.16. The Morgan fingerprint density at radius 3 is 2.21 bits per heavy atom. The number of aromatic carboxylic acids is 1. The van der Waals surface area contributed by atoms with Crippen molar-refractivity contribution in [3.8, 4) is 11.1 Å². The minimum absolute atomic E-state index is 0.0250. The van der Waals surface area contributed by atoms with Gasteiger partial charge in [0.25, 0.3) is 5.91 Å². The summed E-state index contributed by atoms with van der Waals surface area (Å²) in [6.07, 6.45) is 2.71. The summed E-state index contributed by atoms with van der Waals surface area (Å²) in [6, 6.07) is 25.1.